The minimum Gasteiger partial charge on any atom is -0.353 e. The van der Waals surface area contributed by atoms with Gasteiger partial charge in [0.05, 0.1) is 5.54 Å². The summed E-state index contributed by atoms with van der Waals surface area (Å²) in [6.45, 7) is 3.43. The third kappa shape index (κ3) is 3.02. The second-order valence-corrected chi connectivity index (χ2v) is 5.54. The molecule has 1 heterocycles. The van der Waals surface area contributed by atoms with Crippen molar-refractivity contribution in [1.82, 2.24) is 10.2 Å². The Bertz CT molecular complexity index is 331. The molecule has 0 unspecified atom stereocenters. The van der Waals surface area contributed by atoms with E-state index in [4.69, 9.17) is 5.73 Å². The molecule has 1 aliphatic heterocycles. The highest BCUT2D eigenvalue weighted by Gasteiger charge is 2.48. The summed E-state index contributed by atoms with van der Waals surface area (Å²) in [5.41, 5.74) is 5.36. The molecule has 102 valence electrons. The van der Waals surface area contributed by atoms with E-state index in [1.165, 1.54) is 0 Å². The van der Waals surface area contributed by atoms with Crippen LogP contribution in [0.15, 0.2) is 0 Å². The smallest absolute Gasteiger partial charge is 0.242 e. The second kappa shape index (κ2) is 5.26. The van der Waals surface area contributed by atoms with Gasteiger partial charge in [-0.2, -0.15) is 0 Å². The Morgan fingerprint density at radius 1 is 1.33 bits per heavy atom. The molecule has 5 nitrogen and oxygen atoms in total. The summed E-state index contributed by atoms with van der Waals surface area (Å²) in [5.74, 6) is 0.223. The number of nitrogens with zero attached hydrogens (tertiary/aromatic N) is 1. The molecule has 1 saturated carbocycles. The van der Waals surface area contributed by atoms with Gasteiger partial charge in [-0.15, -0.1) is 0 Å². The summed E-state index contributed by atoms with van der Waals surface area (Å²) in [4.78, 5) is 25.4. The monoisotopic (exact) mass is 253 g/mol. The fraction of sp³-hybridized carbons (Fsp3) is 0.846. The lowest BCUT2D eigenvalue weighted by Crippen LogP contribution is -2.52. The summed E-state index contributed by atoms with van der Waals surface area (Å²) in [7, 11) is 0. The lowest BCUT2D eigenvalue weighted by atomic mass is 10.0. The lowest BCUT2D eigenvalue weighted by Gasteiger charge is -2.34. The van der Waals surface area contributed by atoms with E-state index in [9.17, 15) is 9.59 Å². The molecule has 0 aromatic rings. The van der Waals surface area contributed by atoms with E-state index in [2.05, 4.69) is 5.32 Å². The van der Waals surface area contributed by atoms with Crippen LogP contribution < -0.4 is 11.1 Å². The first kappa shape index (κ1) is 13.3. The van der Waals surface area contributed by atoms with E-state index < -0.39 is 5.54 Å². The van der Waals surface area contributed by atoms with Gasteiger partial charge in [-0.1, -0.05) is 6.92 Å². The quantitative estimate of drug-likeness (QED) is 0.761. The molecule has 18 heavy (non-hydrogen) atoms. The molecule has 0 aromatic heterocycles. The van der Waals surface area contributed by atoms with E-state index >= 15 is 0 Å². The minimum absolute atomic E-state index is 0.0980. The number of carbonyl (C=O) groups is 2. The summed E-state index contributed by atoms with van der Waals surface area (Å²) < 4.78 is 0. The third-order valence-corrected chi connectivity index (χ3v) is 3.84. The maximum atomic E-state index is 12.0. The van der Waals surface area contributed by atoms with Crippen molar-refractivity contribution >= 4 is 11.8 Å². The summed E-state index contributed by atoms with van der Waals surface area (Å²) in [6, 6.07) is 0.223. The molecule has 1 aliphatic carbocycles. The van der Waals surface area contributed by atoms with Crippen molar-refractivity contribution in [2.24, 2.45) is 5.73 Å². The van der Waals surface area contributed by atoms with Gasteiger partial charge in [0.2, 0.25) is 11.8 Å². The van der Waals surface area contributed by atoms with Gasteiger partial charge in [0.15, 0.2) is 0 Å². The minimum atomic E-state index is -0.557. The summed E-state index contributed by atoms with van der Waals surface area (Å²) in [6.07, 6.45) is 4.79. The molecule has 1 saturated heterocycles. The van der Waals surface area contributed by atoms with Crippen molar-refractivity contribution in [3.63, 3.8) is 0 Å². The standard InChI is InChI=1S/C13H23N3O2/c1-2-3-11(17)15-10-4-8-16(9-5-10)12(18)13(14)6-7-13/h10H,2-9,14H2,1H3,(H,15,17). The van der Waals surface area contributed by atoms with Crippen molar-refractivity contribution in [1.29, 1.82) is 0 Å². The summed E-state index contributed by atoms with van der Waals surface area (Å²) >= 11 is 0. The highest BCUT2D eigenvalue weighted by Crippen LogP contribution is 2.34. The zero-order valence-electron chi connectivity index (χ0n) is 11.1. The van der Waals surface area contributed by atoms with E-state index in [-0.39, 0.29) is 17.9 Å². The second-order valence-electron chi connectivity index (χ2n) is 5.54. The molecule has 0 radical (unpaired) electrons. The van der Waals surface area contributed by atoms with Crippen molar-refractivity contribution in [3.05, 3.63) is 0 Å². The normalized spacial score (nSPS) is 22.7. The van der Waals surface area contributed by atoms with Crippen molar-refractivity contribution in [2.45, 2.75) is 57.0 Å². The van der Waals surface area contributed by atoms with Crippen LogP contribution in [0.25, 0.3) is 0 Å². The van der Waals surface area contributed by atoms with Crippen LogP contribution in [0, 0.1) is 0 Å². The Morgan fingerprint density at radius 2 is 1.94 bits per heavy atom. The predicted octanol–water partition coefficient (Wildman–Crippen LogP) is 0.385. The van der Waals surface area contributed by atoms with Gasteiger partial charge in [0.1, 0.15) is 0 Å². The molecule has 2 rings (SSSR count). The zero-order valence-corrected chi connectivity index (χ0v) is 11.1. The average molecular weight is 253 g/mol. The van der Waals surface area contributed by atoms with Crippen LogP contribution >= 0.6 is 0 Å². The molecule has 3 N–H and O–H groups in total. The van der Waals surface area contributed by atoms with Crippen molar-refractivity contribution in [2.75, 3.05) is 13.1 Å². The molecule has 0 bridgehead atoms. The molecule has 0 spiro atoms. The predicted molar refractivity (Wildman–Crippen MR) is 68.8 cm³/mol. The number of nitrogens with one attached hydrogen (secondary N) is 1. The maximum absolute atomic E-state index is 12.0. The van der Waals surface area contributed by atoms with Crippen LogP contribution in [0.3, 0.4) is 0 Å². The van der Waals surface area contributed by atoms with Gasteiger partial charge in [-0.25, -0.2) is 0 Å². The molecular weight excluding hydrogens is 230 g/mol. The Labute approximate surface area is 108 Å². The Balaban J connectivity index is 1.74. The molecule has 5 heteroatoms. The highest BCUT2D eigenvalue weighted by atomic mass is 16.2. The first-order chi connectivity index (χ1) is 8.55. The first-order valence-corrected chi connectivity index (χ1v) is 6.93. The number of likely N-dealkylation sites (tertiary alicyclic amines) is 1. The lowest BCUT2D eigenvalue weighted by molar-refractivity contribution is -0.134. The van der Waals surface area contributed by atoms with Gasteiger partial charge >= 0.3 is 0 Å². The number of hydrogen-bond donors (Lipinski definition) is 2. The molecule has 0 aromatic carbocycles. The van der Waals surface area contributed by atoms with E-state index in [0.29, 0.717) is 6.42 Å². The maximum Gasteiger partial charge on any atom is 0.242 e. The van der Waals surface area contributed by atoms with E-state index in [0.717, 1.165) is 45.2 Å². The van der Waals surface area contributed by atoms with Crippen molar-refractivity contribution < 1.29 is 9.59 Å². The van der Waals surface area contributed by atoms with Crippen LogP contribution in [0.4, 0.5) is 0 Å². The topological polar surface area (TPSA) is 75.4 Å². The fourth-order valence-corrected chi connectivity index (χ4v) is 2.42. The van der Waals surface area contributed by atoms with Crippen LogP contribution in [0.1, 0.15) is 45.4 Å². The number of amides is 2. The molecule has 2 aliphatic rings. The van der Waals surface area contributed by atoms with Crippen LogP contribution in [0.2, 0.25) is 0 Å². The number of hydrogen-bond acceptors (Lipinski definition) is 3. The van der Waals surface area contributed by atoms with Gasteiger partial charge < -0.3 is 16.0 Å². The number of piperidine rings is 1. The first-order valence-electron chi connectivity index (χ1n) is 6.93. The number of nitrogens with two attached hydrogens (primary N) is 1. The van der Waals surface area contributed by atoms with E-state index in [1.54, 1.807) is 0 Å². The Hall–Kier alpha value is -1.10. The van der Waals surface area contributed by atoms with Gasteiger partial charge in [-0.05, 0) is 32.1 Å². The van der Waals surface area contributed by atoms with Crippen LogP contribution in [-0.4, -0.2) is 41.4 Å². The largest absolute Gasteiger partial charge is 0.353 e. The SMILES string of the molecule is CCCC(=O)NC1CCN(C(=O)C2(N)CC2)CC1. The zero-order chi connectivity index (χ0) is 13.2. The average Bonchev–Trinajstić information content (AvgIpc) is 3.09. The Kier molecular flexibility index (Phi) is 3.90. The van der Waals surface area contributed by atoms with Gasteiger partial charge in [-0.3, -0.25) is 9.59 Å². The van der Waals surface area contributed by atoms with Gasteiger partial charge in [0, 0.05) is 25.6 Å². The third-order valence-electron chi connectivity index (χ3n) is 3.84. The van der Waals surface area contributed by atoms with E-state index in [1.807, 2.05) is 11.8 Å². The number of rotatable bonds is 4. The molecule has 2 amide bonds. The van der Waals surface area contributed by atoms with Gasteiger partial charge in [0.25, 0.3) is 0 Å². The van der Waals surface area contributed by atoms with Crippen LogP contribution in [0.5, 0.6) is 0 Å². The molecule has 2 fully saturated rings. The number of carbonyl (C=O) groups excluding carboxylic acids is 2. The molecule has 0 atom stereocenters. The Morgan fingerprint density at radius 3 is 2.44 bits per heavy atom. The summed E-state index contributed by atoms with van der Waals surface area (Å²) in [5, 5.41) is 3.03. The highest BCUT2D eigenvalue weighted by molar-refractivity contribution is 5.89. The van der Waals surface area contributed by atoms with Crippen molar-refractivity contribution in [3.8, 4) is 0 Å². The van der Waals surface area contributed by atoms with Crippen LogP contribution in [-0.2, 0) is 9.59 Å². The molecular formula is C13H23N3O2. The fourth-order valence-electron chi connectivity index (χ4n) is 2.42.